The predicted octanol–water partition coefficient (Wildman–Crippen LogP) is 5.67. The minimum Gasteiger partial charge on any atom is -0.497 e. The van der Waals surface area contributed by atoms with Crippen LogP contribution < -0.4 is 15.0 Å². The average molecular weight is 446 g/mol. The Kier molecular flexibility index (Phi) is 5.33. The van der Waals surface area contributed by atoms with Crippen LogP contribution in [0.25, 0.3) is 11.3 Å². The van der Waals surface area contributed by atoms with Crippen LogP contribution in [0.2, 0.25) is 0 Å². The number of thiocarbonyl (C=S) groups is 1. The number of rotatable bonds is 5. The van der Waals surface area contributed by atoms with E-state index in [1.54, 1.807) is 25.4 Å². The highest BCUT2D eigenvalue weighted by atomic mass is 32.1. The second kappa shape index (κ2) is 8.43. The van der Waals surface area contributed by atoms with Gasteiger partial charge in [0.1, 0.15) is 29.1 Å². The third kappa shape index (κ3) is 3.71. The number of furan rings is 1. The molecule has 32 heavy (non-hydrogen) atoms. The van der Waals surface area contributed by atoms with E-state index >= 15 is 0 Å². The maximum atomic E-state index is 13.4. The molecule has 0 radical (unpaired) electrons. The lowest BCUT2D eigenvalue weighted by atomic mass is 10.0. The van der Waals surface area contributed by atoms with Crippen molar-refractivity contribution in [2.75, 3.05) is 12.0 Å². The standard InChI is InChI=1S/C25H20FN3O2S/c1-30-19-6-4-5-18(15-19)29-24(23(28-25(29)32)20-7-2-3-14-27-20)22-13-12-21(31-22)16-8-10-17(26)11-9-16/h2-15,23-24H,1H3,(H,28,32)/t23-,24-/m0/s1. The van der Waals surface area contributed by atoms with Gasteiger partial charge in [0.25, 0.3) is 0 Å². The topological polar surface area (TPSA) is 50.5 Å². The van der Waals surface area contributed by atoms with Crippen molar-refractivity contribution in [1.82, 2.24) is 10.3 Å². The molecule has 5 nitrogen and oxygen atoms in total. The van der Waals surface area contributed by atoms with Crippen molar-refractivity contribution in [1.29, 1.82) is 0 Å². The van der Waals surface area contributed by atoms with E-state index in [1.807, 2.05) is 59.5 Å². The molecule has 7 heteroatoms. The smallest absolute Gasteiger partial charge is 0.174 e. The first-order valence-corrected chi connectivity index (χ1v) is 10.6. The molecule has 1 fully saturated rings. The highest BCUT2D eigenvalue weighted by Crippen LogP contribution is 2.43. The Labute approximate surface area is 190 Å². The number of benzene rings is 2. The third-order valence-electron chi connectivity index (χ3n) is 5.48. The van der Waals surface area contributed by atoms with Crippen LogP contribution in [-0.2, 0) is 0 Å². The van der Waals surface area contributed by atoms with Crippen molar-refractivity contribution in [2.45, 2.75) is 12.1 Å². The fraction of sp³-hybridized carbons (Fsp3) is 0.120. The van der Waals surface area contributed by atoms with Crippen molar-refractivity contribution >= 4 is 23.0 Å². The van der Waals surface area contributed by atoms with Gasteiger partial charge >= 0.3 is 0 Å². The second-order valence-electron chi connectivity index (χ2n) is 7.41. The minimum absolute atomic E-state index is 0.220. The van der Waals surface area contributed by atoms with Gasteiger partial charge in [0.05, 0.1) is 18.8 Å². The maximum Gasteiger partial charge on any atom is 0.174 e. The maximum absolute atomic E-state index is 13.4. The molecule has 1 aliphatic rings. The molecule has 3 heterocycles. The van der Waals surface area contributed by atoms with E-state index in [9.17, 15) is 4.39 Å². The molecule has 1 aliphatic heterocycles. The van der Waals surface area contributed by atoms with Crippen molar-refractivity contribution in [2.24, 2.45) is 0 Å². The van der Waals surface area contributed by atoms with Gasteiger partial charge in [-0.3, -0.25) is 4.98 Å². The molecule has 4 aromatic rings. The summed E-state index contributed by atoms with van der Waals surface area (Å²) in [5.41, 5.74) is 2.53. The molecule has 0 amide bonds. The molecule has 5 rings (SSSR count). The van der Waals surface area contributed by atoms with E-state index < -0.39 is 0 Å². The van der Waals surface area contributed by atoms with Crippen LogP contribution in [0.3, 0.4) is 0 Å². The summed E-state index contributed by atoms with van der Waals surface area (Å²) in [5.74, 6) is 1.82. The molecule has 2 aromatic heterocycles. The zero-order valence-electron chi connectivity index (χ0n) is 17.2. The van der Waals surface area contributed by atoms with Crippen LogP contribution in [0.1, 0.15) is 23.5 Å². The molecule has 1 saturated heterocycles. The number of aromatic nitrogens is 1. The Balaban J connectivity index is 1.59. The Morgan fingerprint density at radius 3 is 2.62 bits per heavy atom. The lowest BCUT2D eigenvalue weighted by Crippen LogP contribution is -2.29. The van der Waals surface area contributed by atoms with Gasteiger partial charge in [-0.15, -0.1) is 0 Å². The first-order valence-electron chi connectivity index (χ1n) is 10.1. The van der Waals surface area contributed by atoms with Gasteiger partial charge in [-0.25, -0.2) is 4.39 Å². The number of nitrogens with zero attached hydrogens (tertiary/aromatic N) is 2. The van der Waals surface area contributed by atoms with Crippen LogP contribution in [-0.4, -0.2) is 17.2 Å². The number of pyridine rings is 1. The molecule has 2 aromatic carbocycles. The molecule has 0 aliphatic carbocycles. The van der Waals surface area contributed by atoms with E-state index in [0.717, 1.165) is 28.5 Å². The molecule has 0 saturated carbocycles. The lowest BCUT2D eigenvalue weighted by Gasteiger charge is -2.26. The van der Waals surface area contributed by atoms with Crippen molar-refractivity contribution < 1.29 is 13.5 Å². The van der Waals surface area contributed by atoms with E-state index in [1.165, 1.54) is 12.1 Å². The van der Waals surface area contributed by atoms with Crippen LogP contribution in [0.4, 0.5) is 10.1 Å². The van der Waals surface area contributed by atoms with Crippen LogP contribution in [0.5, 0.6) is 5.75 Å². The predicted molar refractivity (Wildman–Crippen MR) is 125 cm³/mol. The molecule has 0 spiro atoms. The molecule has 160 valence electrons. The first-order chi connectivity index (χ1) is 15.6. The average Bonchev–Trinajstić information content (AvgIpc) is 3.45. The fourth-order valence-corrected chi connectivity index (χ4v) is 4.31. The fourth-order valence-electron chi connectivity index (χ4n) is 3.96. The number of ether oxygens (including phenoxy) is 1. The quantitative estimate of drug-likeness (QED) is 0.400. The monoisotopic (exact) mass is 445 g/mol. The molecule has 1 N–H and O–H groups in total. The van der Waals surface area contributed by atoms with Crippen LogP contribution in [0, 0.1) is 5.82 Å². The van der Waals surface area contributed by atoms with E-state index in [2.05, 4.69) is 10.3 Å². The van der Waals surface area contributed by atoms with Crippen molar-refractivity contribution in [3.8, 4) is 17.1 Å². The normalized spacial score (nSPS) is 17.9. The molecular formula is C25H20FN3O2S. The van der Waals surface area contributed by atoms with Crippen molar-refractivity contribution in [3.63, 3.8) is 0 Å². The number of anilines is 1. The Bertz CT molecular complexity index is 1240. The van der Waals surface area contributed by atoms with Gasteiger partial charge in [0.15, 0.2) is 5.11 Å². The van der Waals surface area contributed by atoms with E-state index in [0.29, 0.717) is 10.9 Å². The highest BCUT2D eigenvalue weighted by molar-refractivity contribution is 7.80. The first kappa shape index (κ1) is 20.2. The van der Waals surface area contributed by atoms with Gasteiger partial charge in [0.2, 0.25) is 0 Å². The highest BCUT2D eigenvalue weighted by Gasteiger charge is 2.42. The zero-order valence-corrected chi connectivity index (χ0v) is 18.1. The number of hydrogen-bond donors (Lipinski definition) is 1. The summed E-state index contributed by atoms with van der Waals surface area (Å²) in [7, 11) is 1.63. The van der Waals surface area contributed by atoms with Crippen LogP contribution in [0.15, 0.2) is 89.5 Å². The molecule has 0 unspecified atom stereocenters. The molecule has 2 atom stereocenters. The van der Waals surface area contributed by atoms with Gasteiger partial charge < -0.3 is 19.4 Å². The van der Waals surface area contributed by atoms with Gasteiger partial charge in [0, 0.05) is 23.5 Å². The summed E-state index contributed by atoms with van der Waals surface area (Å²) in [6, 6.07) is 23.1. The van der Waals surface area contributed by atoms with E-state index in [4.69, 9.17) is 21.4 Å². The number of hydrogen-bond acceptors (Lipinski definition) is 4. The second-order valence-corrected chi connectivity index (χ2v) is 7.79. The Hall–Kier alpha value is -3.71. The zero-order chi connectivity index (χ0) is 22.1. The van der Waals surface area contributed by atoms with E-state index in [-0.39, 0.29) is 17.9 Å². The molecule has 0 bridgehead atoms. The van der Waals surface area contributed by atoms with Crippen LogP contribution >= 0.6 is 12.2 Å². The largest absolute Gasteiger partial charge is 0.497 e. The molecular weight excluding hydrogens is 425 g/mol. The SMILES string of the molecule is COc1cccc(N2C(=S)N[C@@H](c3ccccn3)[C@@H]2c2ccc(-c3ccc(F)cc3)o2)c1. The van der Waals surface area contributed by atoms with Gasteiger partial charge in [-0.2, -0.15) is 0 Å². The summed E-state index contributed by atoms with van der Waals surface area (Å²) in [5, 5.41) is 3.97. The minimum atomic E-state index is -0.287. The Morgan fingerprint density at radius 2 is 1.88 bits per heavy atom. The van der Waals surface area contributed by atoms with Gasteiger partial charge in [-0.1, -0.05) is 12.1 Å². The summed E-state index contributed by atoms with van der Waals surface area (Å²) in [6.45, 7) is 0. The van der Waals surface area contributed by atoms with Gasteiger partial charge in [-0.05, 0) is 72.9 Å². The number of nitrogens with one attached hydrogen (secondary N) is 1. The van der Waals surface area contributed by atoms with Crippen molar-refractivity contribution in [3.05, 3.63) is 102 Å². The Morgan fingerprint density at radius 1 is 1.03 bits per heavy atom. The number of halogens is 1. The summed E-state index contributed by atoms with van der Waals surface area (Å²) < 4.78 is 25.1. The summed E-state index contributed by atoms with van der Waals surface area (Å²) >= 11 is 5.73. The lowest BCUT2D eigenvalue weighted by molar-refractivity contribution is 0.414. The number of methoxy groups -OCH3 is 1. The third-order valence-corrected chi connectivity index (χ3v) is 5.79. The summed E-state index contributed by atoms with van der Waals surface area (Å²) in [6.07, 6.45) is 1.76. The summed E-state index contributed by atoms with van der Waals surface area (Å²) in [4.78, 5) is 6.57.